The van der Waals surface area contributed by atoms with Crippen LogP contribution >= 0.6 is 0 Å². The molecule has 156 valence electrons. The fourth-order valence-electron chi connectivity index (χ4n) is 3.30. The van der Waals surface area contributed by atoms with Crippen LogP contribution in [0.25, 0.3) is 33.5 Å². The third-order valence-corrected chi connectivity index (χ3v) is 4.76. The van der Waals surface area contributed by atoms with E-state index in [9.17, 15) is 9.18 Å². The minimum atomic E-state index is -0.697. The molecule has 1 amide bonds. The van der Waals surface area contributed by atoms with Crippen LogP contribution in [-0.4, -0.2) is 35.8 Å². The summed E-state index contributed by atoms with van der Waals surface area (Å²) in [6, 6.07) is 3.94. The number of H-pyrrole nitrogens is 1. The van der Waals surface area contributed by atoms with Gasteiger partial charge in [-0.15, -0.1) is 0 Å². The third kappa shape index (κ3) is 3.35. The number of aryl methyl sites for hydroxylation is 1. The average molecular weight is 421 g/mol. The quantitative estimate of drug-likeness (QED) is 0.455. The van der Waals surface area contributed by atoms with Crippen LogP contribution in [0.4, 0.5) is 9.18 Å². The molecule has 0 saturated carbocycles. The van der Waals surface area contributed by atoms with E-state index in [2.05, 4.69) is 30.4 Å². The molecular formula is C20H16FN7O3. The molecule has 0 aliphatic carbocycles. The zero-order valence-electron chi connectivity index (χ0n) is 16.5. The fourth-order valence-corrected chi connectivity index (χ4v) is 3.30. The molecule has 11 heteroatoms. The molecule has 0 radical (unpaired) electrons. The first kappa shape index (κ1) is 18.7. The first-order valence-corrected chi connectivity index (χ1v) is 9.34. The number of hydrogen-bond acceptors (Lipinski definition) is 7. The monoisotopic (exact) mass is 421 g/mol. The molecule has 0 unspecified atom stereocenters. The van der Waals surface area contributed by atoms with Gasteiger partial charge in [0.05, 0.1) is 17.9 Å². The lowest BCUT2D eigenvalue weighted by atomic mass is 10.1. The number of benzene rings is 1. The summed E-state index contributed by atoms with van der Waals surface area (Å²) in [5, 5.41) is 7.81. The van der Waals surface area contributed by atoms with Gasteiger partial charge >= 0.3 is 6.09 Å². The SMILES string of the molecule is C[C@@H](NC(=O)Oc1c[nH]c2ncc(-c3nn(C)c4cc(F)ccc34)nc12)c1ncco1. The van der Waals surface area contributed by atoms with Crippen molar-refractivity contribution in [2.75, 3.05) is 0 Å². The van der Waals surface area contributed by atoms with Crippen molar-refractivity contribution >= 4 is 28.2 Å². The predicted molar refractivity (Wildman–Crippen MR) is 108 cm³/mol. The van der Waals surface area contributed by atoms with Gasteiger partial charge in [0.25, 0.3) is 0 Å². The first-order chi connectivity index (χ1) is 15.0. The predicted octanol–water partition coefficient (Wildman–Crippen LogP) is 3.49. The lowest BCUT2D eigenvalue weighted by Crippen LogP contribution is -2.29. The molecule has 1 aromatic carbocycles. The molecule has 0 saturated heterocycles. The second-order valence-electron chi connectivity index (χ2n) is 6.86. The number of rotatable bonds is 4. The number of halogens is 1. The van der Waals surface area contributed by atoms with Gasteiger partial charge in [0, 0.05) is 18.6 Å². The molecule has 0 bridgehead atoms. The highest BCUT2D eigenvalue weighted by Gasteiger charge is 2.19. The summed E-state index contributed by atoms with van der Waals surface area (Å²) < 4.78 is 25.8. The van der Waals surface area contributed by atoms with Crippen LogP contribution < -0.4 is 10.1 Å². The fraction of sp³-hybridized carbons (Fsp3) is 0.150. The topological polar surface area (TPSA) is 124 Å². The molecule has 1 atom stereocenters. The minimum Gasteiger partial charge on any atom is -0.447 e. The van der Waals surface area contributed by atoms with Crippen molar-refractivity contribution in [1.29, 1.82) is 0 Å². The number of carbonyl (C=O) groups is 1. The summed E-state index contributed by atoms with van der Waals surface area (Å²) in [4.78, 5) is 28.1. The first-order valence-electron chi connectivity index (χ1n) is 9.34. The Morgan fingerprint density at radius 3 is 3.03 bits per heavy atom. The van der Waals surface area contributed by atoms with Crippen molar-refractivity contribution in [3.05, 3.63) is 54.8 Å². The van der Waals surface area contributed by atoms with Gasteiger partial charge in [-0.2, -0.15) is 5.10 Å². The summed E-state index contributed by atoms with van der Waals surface area (Å²) in [7, 11) is 1.72. The average Bonchev–Trinajstić information content (AvgIpc) is 3.48. The lowest BCUT2D eigenvalue weighted by Gasteiger charge is -2.10. The number of carbonyl (C=O) groups excluding carboxylic acids is 1. The molecule has 2 N–H and O–H groups in total. The zero-order valence-corrected chi connectivity index (χ0v) is 16.5. The van der Waals surface area contributed by atoms with Gasteiger partial charge in [-0.05, 0) is 25.1 Å². The smallest absolute Gasteiger partial charge is 0.413 e. The van der Waals surface area contributed by atoms with Crippen molar-refractivity contribution in [1.82, 2.24) is 35.0 Å². The Kier molecular flexibility index (Phi) is 4.35. The van der Waals surface area contributed by atoms with Gasteiger partial charge in [-0.25, -0.2) is 24.1 Å². The number of fused-ring (bicyclic) bond motifs is 2. The number of aromatic nitrogens is 6. The van der Waals surface area contributed by atoms with Gasteiger partial charge in [0.2, 0.25) is 5.89 Å². The number of hydrogen-bond donors (Lipinski definition) is 2. The molecule has 4 aromatic heterocycles. The van der Waals surface area contributed by atoms with Gasteiger partial charge in [0.15, 0.2) is 16.9 Å². The van der Waals surface area contributed by atoms with Crippen LogP contribution in [0.5, 0.6) is 5.75 Å². The number of oxazole rings is 1. The van der Waals surface area contributed by atoms with Gasteiger partial charge in [0.1, 0.15) is 29.5 Å². The number of aromatic amines is 1. The van der Waals surface area contributed by atoms with Crippen molar-refractivity contribution in [2.45, 2.75) is 13.0 Å². The van der Waals surface area contributed by atoms with Gasteiger partial charge in [-0.3, -0.25) is 4.68 Å². The maximum Gasteiger partial charge on any atom is 0.413 e. The van der Waals surface area contributed by atoms with Crippen LogP contribution in [-0.2, 0) is 7.05 Å². The van der Waals surface area contributed by atoms with E-state index < -0.39 is 12.1 Å². The zero-order chi connectivity index (χ0) is 21.5. The Bertz CT molecular complexity index is 1410. The normalized spacial score (nSPS) is 12.4. The van der Waals surface area contributed by atoms with Crippen molar-refractivity contribution < 1.29 is 18.3 Å². The van der Waals surface area contributed by atoms with Crippen LogP contribution in [0.3, 0.4) is 0 Å². The maximum atomic E-state index is 13.6. The van der Waals surface area contributed by atoms with E-state index in [1.165, 1.54) is 30.8 Å². The molecule has 5 aromatic rings. The molecule has 4 heterocycles. The van der Waals surface area contributed by atoms with E-state index >= 15 is 0 Å². The van der Waals surface area contributed by atoms with Crippen molar-refractivity contribution in [3.63, 3.8) is 0 Å². The van der Waals surface area contributed by atoms with Crippen molar-refractivity contribution in [2.24, 2.45) is 7.05 Å². The molecular weight excluding hydrogens is 405 g/mol. The van der Waals surface area contributed by atoms with Crippen molar-refractivity contribution in [3.8, 4) is 17.1 Å². The minimum absolute atomic E-state index is 0.202. The molecule has 10 nitrogen and oxygen atoms in total. The van der Waals surface area contributed by atoms with Gasteiger partial charge in [-0.1, -0.05) is 0 Å². The largest absolute Gasteiger partial charge is 0.447 e. The summed E-state index contributed by atoms with van der Waals surface area (Å²) in [6.07, 6.45) is 5.27. The lowest BCUT2D eigenvalue weighted by molar-refractivity contribution is 0.195. The third-order valence-electron chi connectivity index (χ3n) is 4.76. The molecule has 0 spiro atoms. The number of ether oxygens (including phenoxy) is 1. The molecule has 0 aliphatic heterocycles. The molecule has 5 rings (SSSR count). The van der Waals surface area contributed by atoms with E-state index in [4.69, 9.17) is 9.15 Å². The number of nitrogens with zero attached hydrogens (tertiary/aromatic N) is 5. The van der Waals surface area contributed by atoms with E-state index in [0.717, 1.165) is 5.39 Å². The molecule has 0 fully saturated rings. The summed E-state index contributed by atoms with van der Waals surface area (Å²) in [5.41, 5.74) is 2.43. The van der Waals surface area contributed by atoms with Gasteiger partial charge < -0.3 is 19.5 Å². The molecule has 31 heavy (non-hydrogen) atoms. The Balaban J connectivity index is 1.46. The van der Waals surface area contributed by atoms with Crippen LogP contribution in [0.1, 0.15) is 18.9 Å². The summed E-state index contributed by atoms with van der Waals surface area (Å²) in [5.74, 6) is 0.207. The highest BCUT2D eigenvalue weighted by Crippen LogP contribution is 2.30. The maximum absolute atomic E-state index is 13.6. The number of nitrogens with one attached hydrogen (secondary N) is 2. The Labute approximate surface area is 174 Å². The Hall–Kier alpha value is -4.28. The summed E-state index contributed by atoms with van der Waals surface area (Å²) >= 11 is 0. The van der Waals surface area contributed by atoms with E-state index in [1.54, 1.807) is 30.9 Å². The van der Waals surface area contributed by atoms with E-state index in [-0.39, 0.29) is 11.6 Å². The standard InChI is InChI=1S/C20H16FN7O3/c1-10(19-22-5-6-30-19)25-20(29)31-15-9-24-18-17(15)26-13(8-23-18)16-12-4-3-11(21)7-14(12)28(2)27-16/h3-10H,1-2H3,(H,23,24)(H,25,29)/t10-/m1/s1. The Morgan fingerprint density at radius 2 is 2.23 bits per heavy atom. The second-order valence-corrected chi connectivity index (χ2v) is 6.86. The summed E-state index contributed by atoms with van der Waals surface area (Å²) in [6.45, 7) is 1.72. The Morgan fingerprint density at radius 1 is 1.35 bits per heavy atom. The highest BCUT2D eigenvalue weighted by atomic mass is 19.1. The van der Waals surface area contributed by atoms with Crippen LogP contribution in [0.2, 0.25) is 0 Å². The van der Waals surface area contributed by atoms with E-state index in [0.29, 0.717) is 34.0 Å². The van der Waals surface area contributed by atoms with Crippen LogP contribution in [0, 0.1) is 5.82 Å². The highest BCUT2D eigenvalue weighted by molar-refractivity contribution is 5.93. The second kappa shape index (κ2) is 7.20. The van der Waals surface area contributed by atoms with E-state index in [1.807, 2.05) is 0 Å². The molecule has 0 aliphatic rings. The number of amides is 1. The van der Waals surface area contributed by atoms with Crippen LogP contribution in [0.15, 0.2) is 47.5 Å².